The first-order valence-electron chi connectivity index (χ1n) is 8.23. The van der Waals surface area contributed by atoms with Gasteiger partial charge in [-0.25, -0.2) is 0 Å². The topological polar surface area (TPSA) is 54.7 Å². The summed E-state index contributed by atoms with van der Waals surface area (Å²) >= 11 is 12.4. The van der Waals surface area contributed by atoms with Crippen LogP contribution in [-0.2, 0) is 4.74 Å². The highest BCUT2D eigenvalue weighted by atomic mass is 35.5. The van der Waals surface area contributed by atoms with Gasteiger partial charge in [-0.3, -0.25) is 4.79 Å². The van der Waals surface area contributed by atoms with Crippen molar-refractivity contribution in [1.29, 1.82) is 0 Å². The van der Waals surface area contributed by atoms with Crippen molar-refractivity contribution in [2.45, 2.75) is 0 Å². The molecular formula is C19H16Cl2N2O3. The van der Waals surface area contributed by atoms with Gasteiger partial charge in [0.15, 0.2) is 5.76 Å². The van der Waals surface area contributed by atoms with E-state index >= 15 is 0 Å². The van der Waals surface area contributed by atoms with Crippen molar-refractivity contribution in [1.82, 2.24) is 0 Å². The van der Waals surface area contributed by atoms with Gasteiger partial charge >= 0.3 is 0 Å². The highest BCUT2D eigenvalue weighted by Crippen LogP contribution is 2.35. The summed E-state index contributed by atoms with van der Waals surface area (Å²) in [7, 11) is 0. The van der Waals surface area contributed by atoms with Crippen LogP contribution in [0, 0.1) is 0 Å². The molecule has 5 nitrogen and oxygen atoms in total. The number of carbonyl (C=O) groups is 1. The number of fused-ring (bicyclic) bond motifs is 1. The minimum Gasteiger partial charge on any atom is -0.451 e. The summed E-state index contributed by atoms with van der Waals surface area (Å²) in [6.45, 7) is 2.69. The maximum absolute atomic E-state index is 12.7. The van der Waals surface area contributed by atoms with E-state index in [-0.39, 0.29) is 11.7 Å². The maximum Gasteiger partial charge on any atom is 0.291 e. The zero-order chi connectivity index (χ0) is 18.1. The SMILES string of the molecule is O=C(Nc1cccc(Cl)c1N1CCOCC1)c1cc2cc(Cl)ccc2o1. The van der Waals surface area contributed by atoms with Gasteiger partial charge in [-0.15, -0.1) is 0 Å². The van der Waals surface area contributed by atoms with E-state index in [1.165, 1.54) is 0 Å². The number of amides is 1. The minimum atomic E-state index is -0.339. The van der Waals surface area contributed by atoms with Gasteiger partial charge in [0.25, 0.3) is 5.91 Å². The molecule has 0 unspecified atom stereocenters. The Labute approximate surface area is 160 Å². The number of hydrogen-bond acceptors (Lipinski definition) is 4. The van der Waals surface area contributed by atoms with E-state index in [4.69, 9.17) is 32.4 Å². The van der Waals surface area contributed by atoms with E-state index in [1.54, 1.807) is 30.3 Å². The lowest BCUT2D eigenvalue weighted by Crippen LogP contribution is -2.37. The maximum atomic E-state index is 12.7. The number of halogens is 2. The van der Waals surface area contributed by atoms with Crippen molar-refractivity contribution in [2.24, 2.45) is 0 Å². The molecule has 0 atom stereocenters. The average Bonchev–Trinajstić information content (AvgIpc) is 3.06. The van der Waals surface area contributed by atoms with Gasteiger partial charge in [0, 0.05) is 23.5 Å². The number of benzene rings is 2. The van der Waals surface area contributed by atoms with Crippen molar-refractivity contribution in [2.75, 3.05) is 36.5 Å². The quantitative estimate of drug-likeness (QED) is 0.695. The van der Waals surface area contributed by atoms with Crippen molar-refractivity contribution < 1.29 is 13.9 Å². The molecule has 1 aromatic heterocycles. The second-order valence-electron chi connectivity index (χ2n) is 5.98. The Balaban J connectivity index is 1.63. The lowest BCUT2D eigenvalue weighted by atomic mass is 10.2. The van der Waals surface area contributed by atoms with Gasteiger partial charge in [-0.05, 0) is 36.4 Å². The van der Waals surface area contributed by atoms with Crippen LogP contribution in [0.15, 0.2) is 46.9 Å². The van der Waals surface area contributed by atoms with E-state index in [9.17, 15) is 4.79 Å². The van der Waals surface area contributed by atoms with E-state index in [1.807, 2.05) is 12.1 Å². The molecule has 0 spiro atoms. The van der Waals surface area contributed by atoms with Crippen LogP contribution in [0.3, 0.4) is 0 Å². The van der Waals surface area contributed by atoms with Crippen LogP contribution in [-0.4, -0.2) is 32.2 Å². The standard InChI is InChI=1S/C19H16Cl2N2O3/c20-13-4-5-16-12(10-13)11-17(26-16)19(24)22-15-3-1-2-14(21)18(15)23-6-8-25-9-7-23/h1-5,10-11H,6-9H2,(H,22,24). The lowest BCUT2D eigenvalue weighted by molar-refractivity contribution is 0.0998. The monoisotopic (exact) mass is 390 g/mol. The van der Waals surface area contributed by atoms with Gasteiger partial charge in [0.05, 0.1) is 29.6 Å². The Morgan fingerprint density at radius 1 is 1.08 bits per heavy atom. The molecule has 2 heterocycles. The molecule has 0 saturated carbocycles. The number of ether oxygens (including phenoxy) is 1. The Kier molecular flexibility index (Phi) is 4.76. The third-order valence-electron chi connectivity index (χ3n) is 4.26. The second-order valence-corrected chi connectivity index (χ2v) is 6.83. The molecule has 26 heavy (non-hydrogen) atoms. The number of nitrogens with zero attached hydrogens (tertiary/aromatic N) is 1. The zero-order valence-electron chi connectivity index (χ0n) is 13.8. The molecule has 4 rings (SSSR count). The summed E-state index contributed by atoms with van der Waals surface area (Å²) in [4.78, 5) is 14.8. The molecule has 0 bridgehead atoms. The fourth-order valence-corrected chi connectivity index (χ4v) is 3.51. The lowest BCUT2D eigenvalue weighted by Gasteiger charge is -2.31. The highest BCUT2D eigenvalue weighted by molar-refractivity contribution is 6.34. The van der Waals surface area contributed by atoms with E-state index in [0.717, 1.165) is 24.2 Å². The normalized spacial score (nSPS) is 14.6. The number of morpholine rings is 1. The predicted octanol–water partition coefficient (Wildman–Crippen LogP) is 4.83. The summed E-state index contributed by atoms with van der Waals surface area (Å²) in [6.07, 6.45) is 0. The Bertz CT molecular complexity index is 965. The third kappa shape index (κ3) is 3.38. The first-order valence-corrected chi connectivity index (χ1v) is 8.99. The number of furan rings is 1. The summed E-state index contributed by atoms with van der Waals surface area (Å²) in [5.74, 6) is -0.121. The van der Waals surface area contributed by atoms with E-state index < -0.39 is 0 Å². The zero-order valence-corrected chi connectivity index (χ0v) is 15.3. The second kappa shape index (κ2) is 7.19. The van der Waals surface area contributed by atoms with Gasteiger partial charge in [-0.2, -0.15) is 0 Å². The van der Waals surface area contributed by atoms with Crippen LogP contribution >= 0.6 is 23.2 Å². The first-order chi connectivity index (χ1) is 12.6. The molecule has 7 heteroatoms. The number of anilines is 2. The van der Waals surface area contributed by atoms with Gasteiger partial charge in [0.1, 0.15) is 5.58 Å². The van der Waals surface area contributed by atoms with Crippen molar-refractivity contribution in [3.8, 4) is 0 Å². The smallest absolute Gasteiger partial charge is 0.291 e. The number of rotatable bonds is 3. The number of nitrogens with one attached hydrogen (secondary N) is 1. The van der Waals surface area contributed by atoms with E-state index in [2.05, 4.69) is 10.2 Å². The molecule has 1 fully saturated rings. The molecule has 0 radical (unpaired) electrons. The number of carbonyl (C=O) groups excluding carboxylic acids is 1. The molecular weight excluding hydrogens is 375 g/mol. The van der Waals surface area contributed by atoms with E-state index in [0.29, 0.717) is 34.5 Å². The van der Waals surface area contributed by atoms with Crippen molar-refractivity contribution in [3.63, 3.8) is 0 Å². The Morgan fingerprint density at radius 2 is 1.88 bits per heavy atom. The van der Waals surface area contributed by atoms with Crippen LogP contribution in [0.4, 0.5) is 11.4 Å². The molecule has 1 aliphatic heterocycles. The Hall–Kier alpha value is -2.21. The van der Waals surface area contributed by atoms with Crippen molar-refractivity contribution >= 4 is 51.5 Å². The fraction of sp³-hybridized carbons (Fsp3) is 0.211. The summed E-state index contributed by atoms with van der Waals surface area (Å²) in [6, 6.07) is 12.3. The summed E-state index contributed by atoms with van der Waals surface area (Å²) < 4.78 is 11.0. The highest BCUT2D eigenvalue weighted by Gasteiger charge is 2.20. The van der Waals surface area contributed by atoms with Crippen LogP contribution in [0.25, 0.3) is 11.0 Å². The van der Waals surface area contributed by atoms with Crippen LogP contribution < -0.4 is 10.2 Å². The molecule has 1 saturated heterocycles. The molecule has 0 aliphatic carbocycles. The summed E-state index contributed by atoms with van der Waals surface area (Å²) in [5.41, 5.74) is 2.05. The molecule has 1 aliphatic rings. The molecule has 1 N–H and O–H groups in total. The third-order valence-corrected chi connectivity index (χ3v) is 4.80. The van der Waals surface area contributed by atoms with Gasteiger partial charge in [0.2, 0.25) is 0 Å². The Morgan fingerprint density at radius 3 is 2.69 bits per heavy atom. The largest absolute Gasteiger partial charge is 0.451 e. The minimum absolute atomic E-state index is 0.218. The fourth-order valence-electron chi connectivity index (χ4n) is 3.03. The molecule has 1 amide bonds. The van der Waals surface area contributed by atoms with Crippen LogP contribution in [0.1, 0.15) is 10.6 Å². The summed E-state index contributed by atoms with van der Waals surface area (Å²) in [5, 5.41) is 4.86. The van der Waals surface area contributed by atoms with Crippen LogP contribution in [0.2, 0.25) is 10.0 Å². The van der Waals surface area contributed by atoms with Gasteiger partial charge in [-0.1, -0.05) is 29.3 Å². The van der Waals surface area contributed by atoms with Crippen LogP contribution in [0.5, 0.6) is 0 Å². The van der Waals surface area contributed by atoms with Crippen molar-refractivity contribution in [3.05, 3.63) is 58.3 Å². The van der Waals surface area contributed by atoms with Gasteiger partial charge < -0.3 is 19.4 Å². The molecule has 2 aromatic carbocycles. The predicted molar refractivity (Wildman–Crippen MR) is 104 cm³/mol. The first kappa shape index (κ1) is 17.2. The number of para-hydroxylation sites is 1. The average molecular weight is 391 g/mol. The number of hydrogen-bond donors (Lipinski definition) is 1. The molecule has 134 valence electrons. The molecule has 3 aromatic rings.